The molecule has 0 saturated carbocycles. The van der Waals surface area contributed by atoms with Crippen LogP contribution in [0.15, 0.2) is 45.5 Å². The highest BCUT2D eigenvalue weighted by molar-refractivity contribution is 9.11. The first-order valence-electron chi connectivity index (χ1n) is 4.78. The van der Waals surface area contributed by atoms with Gasteiger partial charge in [0.05, 0.1) is 21.8 Å². The van der Waals surface area contributed by atoms with Gasteiger partial charge in [-0.2, -0.15) is 5.26 Å². The van der Waals surface area contributed by atoms with Crippen molar-refractivity contribution >= 4 is 43.4 Å². The van der Waals surface area contributed by atoms with Crippen molar-refractivity contribution in [3.63, 3.8) is 0 Å². The Balaban J connectivity index is 2.32. The van der Waals surface area contributed by atoms with Gasteiger partial charge in [-0.25, -0.2) is 4.98 Å². The Hall–Kier alpha value is -1.38. The molecule has 2 aromatic rings. The van der Waals surface area contributed by atoms with E-state index in [1.807, 2.05) is 18.2 Å². The van der Waals surface area contributed by atoms with Crippen LogP contribution in [0.1, 0.15) is 5.56 Å². The van der Waals surface area contributed by atoms with Crippen LogP contribution in [0.5, 0.6) is 0 Å². The lowest BCUT2D eigenvalue weighted by molar-refractivity contribution is 1.29. The van der Waals surface area contributed by atoms with Crippen LogP contribution in [0.25, 0.3) is 0 Å². The average Bonchev–Trinajstić information content (AvgIpc) is 2.34. The number of anilines is 2. The summed E-state index contributed by atoms with van der Waals surface area (Å²) in [4.78, 5) is 4.21. The molecule has 0 unspecified atom stereocenters. The van der Waals surface area contributed by atoms with Crippen molar-refractivity contribution in [1.82, 2.24) is 4.98 Å². The quantitative estimate of drug-likeness (QED) is 0.880. The largest absolute Gasteiger partial charge is 0.338 e. The van der Waals surface area contributed by atoms with E-state index in [0.717, 1.165) is 20.5 Å². The Morgan fingerprint density at radius 3 is 2.65 bits per heavy atom. The van der Waals surface area contributed by atoms with E-state index in [9.17, 15) is 0 Å². The Labute approximate surface area is 116 Å². The van der Waals surface area contributed by atoms with Gasteiger partial charge in [0, 0.05) is 10.7 Å². The number of nitrogens with one attached hydrogen (secondary N) is 1. The van der Waals surface area contributed by atoms with E-state index in [4.69, 9.17) is 5.26 Å². The number of halogens is 2. The molecule has 0 bridgehead atoms. The Morgan fingerprint density at radius 1 is 1.18 bits per heavy atom. The summed E-state index contributed by atoms with van der Waals surface area (Å²) < 4.78 is 1.71. The molecule has 0 aliphatic heterocycles. The molecule has 1 aromatic carbocycles. The summed E-state index contributed by atoms with van der Waals surface area (Å²) >= 11 is 6.83. The number of hydrogen-bond acceptors (Lipinski definition) is 3. The third-order valence-electron chi connectivity index (χ3n) is 2.11. The molecule has 1 heterocycles. The van der Waals surface area contributed by atoms with Crippen molar-refractivity contribution in [1.29, 1.82) is 5.26 Å². The van der Waals surface area contributed by atoms with Crippen molar-refractivity contribution in [3.8, 4) is 6.07 Å². The SMILES string of the molecule is N#Cc1ccc(Nc2ncccc2Br)c(Br)c1. The number of hydrogen-bond donors (Lipinski definition) is 1. The molecule has 0 aliphatic carbocycles. The first-order chi connectivity index (χ1) is 8.20. The fraction of sp³-hybridized carbons (Fsp3) is 0. The minimum Gasteiger partial charge on any atom is -0.338 e. The van der Waals surface area contributed by atoms with Gasteiger partial charge >= 0.3 is 0 Å². The van der Waals surface area contributed by atoms with Gasteiger partial charge in [-0.1, -0.05) is 0 Å². The lowest BCUT2D eigenvalue weighted by Crippen LogP contribution is -1.95. The van der Waals surface area contributed by atoms with Crippen LogP contribution in [0, 0.1) is 11.3 Å². The molecule has 2 rings (SSSR count). The highest BCUT2D eigenvalue weighted by atomic mass is 79.9. The first-order valence-corrected chi connectivity index (χ1v) is 6.36. The summed E-state index contributed by atoms with van der Waals surface area (Å²) in [5, 5.41) is 12.0. The van der Waals surface area contributed by atoms with Crippen LogP contribution in [-0.4, -0.2) is 4.98 Å². The second kappa shape index (κ2) is 5.30. The third-order valence-corrected chi connectivity index (χ3v) is 3.41. The Kier molecular flexibility index (Phi) is 3.77. The summed E-state index contributed by atoms with van der Waals surface area (Å²) in [6.07, 6.45) is 1.71. The fourth-order valence-electron chi connectivity index (χ4n) is 1.29. The molecule has 17 heavy (non-hydrogen) atoms. The van der Waals surface area contributed by atoms with Gasteiger partial charge in [0.2, 0.25) is 0 Å². The van der Waals surface area contributed by atoms with Crippen molar-refractivity contribution in [3.05, 3.63) is 51.0 Å². The van der Waals surface area contributed by atoms with Gasteiger partial charge in [0.1, 0.15) is 5.82 Å². The number of benzene rings is 1. The van der Waals surface area contributed by atoms with Crippen LogP contribution in [0.2, 0.25) is 0 Å². The zero-order valence-electron chi connectivity index (χ0n) is 8.61. The van der Waals surface area contributed by atoms with Gasteiger partial charge < -0.3 is 5.32 Å². The van der Waals surface area contributed by atoms with Gasteiger partial charge in [0.25, 0.3) is 0 Å². The van der Waals surface area contributed by atoms with Gasteiger partial charge in [-0.05, 0) is 62.2 Å². The summed E-state index contributed by atoms with van der Waals surface area (Å²) in [6.45, 7) is 0. The van der Waals surface area contributed by atoms with Crippen molar-refractivity contribution in [2.75, 3.05) is 5.32 Å². The zero-order valence-corrected chi connectivity index (χ0v) is 11.8. The molecule has 1 N–H and O–H groups in total. The lowest BCUT2D eigenvalue weighted by Gasteiger charge is -2.09. The molecular formula is C12H7Br2N3. The topological polar surface area (TPSA) is 48.7 Å². The van der Waals surface area contributed by atoms with Gasteiger partial charge in [-0.15, -0.1) is 0 Å². The third kappa shape index (κ3) is 2.84. The highest BCUT2D eigenvalue weighted by Crippen LogP contribution is 2.28. The smallest absolute Gasteiger partial charge is 0.144 e. The van der Waals surface area contributed by atoms with Crippen molar-refractivity contribution in [2.45, 2.75) is 0 Å². The van der Waals surface area contributed by atoms with Crippen LogP contribution in [-0.2, 0) is 0 Å². The maximum Gasteiger partial charge on any atom is 0.144 e. The molecule has 0 spiro atoms. The van der Waals surface area contributed by atoms with Crippen LogP contribution < -0.4 is 5.32 Å². The molecule has 3 nitrogen and oxygen atoms in total. The monoisotopic (exact) mass is 351 g/mol. The van der Waals surface area contributed by atoms with E-state index in [-0.39, 0.29) is 0 Å². The Bertz CT molecular complexity index is 591. The van der Waals surface area contributed by atoms with E-state index < -0.39 is 0 Å². The van der Waals surface area contributed by atoms with Crippen LogP contribution in [0.3, 0.4) is 0 Å². The molecule has 1 aromatic heterocycles. The van der Waals surface area contributed by atoms with E-state index in [2.05, 4.69) is 48.2 Å². The predicted octanol–water partition coefficient (Wildman–Crippen LogP) is 4.22. The molecular weight excluding hydrogens is 346 g/mol. The molecule has 84 valence electrons. The van der Waals surface area contributed by atoms with Gasteiger partial charge in [-0.3, -0.25) is 0 Å². The zero-order chi connectivity index (χ0) is 12.3. The number of aromatic nitrogens is 1. The van der Waals surface area contributed by atoms with Gasteiger partial charge in [0.15, 0.2) is 0 Å². The summed E-state index contributed by atoms with van der Waals surface area (Å²) in [5.74, 6) is 0.734. The van der Waals surface area contributed by atoms with Crippen LogP contribution in [0.4, 0.5) is 11.5 Å². The van der Waals surface area contributed by atoms with Crippen LogP contribution >= 0.6 is 31.9 Å². The van der Waals surface area contributed by atoms with E-state index >= 15 is 0 Å². The molecule has 5 heteroatoms. The molecule has 0 radical (unpaired) electrons. The summed E-state index contributed by atoms with van der Waals surface area (Å²) in [6, 6.07) is 11.2. The number of nitrogens with zero attached hydrogens (tertiary/aromatic N) is 2. The summed E-state index contributed by atoms with van der Waals surface area (Å²) in [5.41, 5.74) is 1.48. The molecule has 0 aliphatic rings. The highest BCUT2D eigenvalue weighted by Gasteiger charge is 2.04. The standard InChI is InChI=1S/C12H7Br2N3/c13-9-2-1-5-16-12(9)17-11-4-3-8(7-15)6-10(11)14/h1-6H,(H,16,17). The van der Waals surface area contributed by atoms with E-state index in [1.54, 1.807) is 18.3 Å². The molecule has 0 atom stereocenters. The minimum atomic E-state index is 0.613. The molecule has 0 fully saturated rings. The Morgan fingerprint density at radius 2 is 2.00 bits per heavy atom. The van der Waals surface area contributed by atoms with Crippen molar-refractivity contribution < 1.29 is 0 Å². The normalized spacial score (nSPS) is 9.71. The molecule has 0 amide bonds. The number of nitriles is 1. The second-order valence-electron chi connectivity index (χ2n) is 3.27. The second-order valence-corrected chi connectivity index (χ2v) is 4.97. The maximum absolute atomic E-state index is 8.78. The lowest BCUT2D eigenvalue weighted by atomic mass is 10.2. The van der Waals surface area contributed by atoms with E-state index in [0.29, 0.717) is 5.56 Å². The first kappa shape index (κ1) is 12.1. The van der Waals surface area contributed by atoms with Crippen molar-refractivity contribution in [2.24, 2.45) is 0 Å². The maximum atomic E-state index is 8.78. The number of pyridine rings is 1. The average molecular weight is 353 g/mol. The summed E-state index contributed by atoms with van der Waals surface area (Å²) in [7, 11) is 0. The predicted molar refractivity (Wildman–Crippen MR) is 74.1 cm³/mol. The molecule has 0 saturated heterocycles. The minimum absolute atomic E-state index is 0.613. The number of rotatable bonds is 2. The fourth-order valence-corrected chi connectivity index (χ4v) is 2.12. The van der Waals surface area contributed by atoms with E-state index in [1.165, 1.54) is 0 Å².